The molecule has 0 heterocycles. The fourth-order valence-corrected chi connectivity index (χ4v) is 2.71. The van der Waals surface area contributed by atoms with Gasteiger partial charge in [0.15, 0.2) is 0 Å². The summed E-state index contributed by atoms with van der Waals surface area (Å²) in [4.78, 5) is 0.887. The molecule has 0 spiro atoms. The first-order valence-corrected chi connectivity index (χ1v) is 6.21. The largest absolute Gasteiger partial charge is 0.399 e. The number of hydrogen-bond donors (Lipinski definition) is 1. The number of benzene rings is 1. The molecule has 78 valence electrons. The van der Waals surface area contributed by atoms with Gasteiger partial charge in [0.2, 0.25) is 0 Å². The third-order valence-corrected chi connectivity index (χ3v) is 3.73. The molecule has 2 nitrogen and oxygen atoms in total. The van der Waals surface area contributed by atoms with E-state index in [2.05, 4.69) is 6.92 Å². The molecule has 0 aliphatic rings. The summed E-state index contributed by atoms with van der Waals surface area (Å²) in [6.07, 6.45) is 2.08. The predicted octanol–water partition coefficient (Wildman–Crippen LogP) is 2.48. The Labute approximate surface area is 88.0 Å². The molecule has 0 fully saturated rings. The van der Waals surface area contributed by atoms with Crippen molar-refractivity contribution in [1.82, 2.24) is 0 Å². The van der Waals surface area contributed by atoms with E-state index in [0.29, 0.717) is 5.69 Å². The molecule has 1 rings (SSSR count). The summed E-state index contributed by atoms with van der Waals surface area (Å²) in [6, 6.07) is 5.59. The van der Waals surface area contributed by atoms with Gasteiger partial charge in [0.25, 0.3) is 0 Å². The molecule has 0 aliphatic carbocycles. The first kappa shape index (κ1) is 11.2. The van der Waals surface area contributed by atoms with Crippen molar-refractivity contribution in [3.05, 3.63) is 23.8 Å². The van der Waals surface area contributed by atoms with Gasteiger partial charge in [0, 0.05) is 16.3 Å². The number of rotatable bonds is 4. The van der Waals surface area contributed by atoms with E-state index in [9.17, 15) is 4.21 Å². The number of unbranched alkanes of at least 4 members (excludes halogenated alkanes) is 1. The third kappa shape index (κ3) is 2.84. The Morgan fingerprint density at radius 3 is 2.79 bits per heavy atom. The van der Waals surface area contributed by atoms with Gasteiger partial charge >= 0.3 is 0 Å². The summed E-state index contributed by atoms with van der Waals surface area (Å²) in [5.74, 6) is 0.737. The van der Waals surface area contributed by atoms with Crippen molar-refractivity contribution in [2.75, 3.05) is 11.5 Å². The summed E-state index contributed by atoms with van der Waals surface area (Å²) >= 11 is 0. The first-order chi connectivity index (χ1) is 6.65. The Bertz CT molecular complexity index is 336. The number of hydrogen-bond acceptors (Lipinski definition) is 2. The molecule has 2 N–H and O–H groups in total. The standard InChI is InChI=1S/C11H17NOS/c1-3-4-7-14(13)11-8-10(12)6-5-9(11)2/h5-6,8H,3-4,7,12H2,1-2H3. The zero-order valence-electron chi connectivity index (χ0n) is 8.75. The van der Waals surface area contributed by atoms with Crippen molar-refractivity contribution in [2.24, 2.45) is 0 Å². The van der Waals surface area contributed by atoms with Crippen LogP contribution in [0, 0.1) is 6.92 Å². The van der Waals surface area contributed by atoms with Gasteiger partial charge in [-0.25, -0.2) is 0 Å². The van der Waals surface area contributed by atoms with Crippen LogP contribution in [0.4, 0.5) is 5.69 Å². The molecular formula is C11H17NOS. The molecule has 3 heteroatoms. The number of aryl methyl sites for hydroxylation is 1. The highest BCUT2D eigenvalue weighted by molar-refractivity contribution is 7.85. The summed E-state index contributed by atoms with van der Waals surface area (Å²) < 4.78 is 11.8. The van der Waals surface area contributed by atoms with E-state index in [1.165, 1.54) is 0 Å². The van der Waals surface area contributed by atoms with Crippen LogP contribution in [-0.2, 0) is 10.8 Å². The summed E-state index contributed by atoms with van der Waals surface area (Å²) in [6.45, 7) is 4.07. The van der Waals surface area contributed by atoms with Crippen molar-refractivity contribution in [3.63, 3.8) is 0 Å². The maximum absolute atomic E-state index is 11.8. The number of anilines is 1. The number of nitrogen functional groups attached to an aromatic ring is 1. The molecule has 0 saturated heterocycles. The predicted molar refractivity (Wildman–Crippen MR) is 61.8 cm³/mol. The van der Waals surface area contributed by atoms with Crippen LogP contribution in [-0.4, -0.2) is 9.96 Å². The normalized spacial score (nSPS) is 12.7. The Hall–Kier alpha value is -0.830. The van der Waals surface area contributed by atoms with Gasteiger partial charge in [-0.15, -0.1) is 0 Å². The van der Waals surface area contributed by atoms with E-state index >= 15 is 0 Å². The van der Waals surface area contributed by atoms with Crippen LogP contribution in [0.3, 0.4) is 0 Å². The Kier molecular flexibility index (Phi) is 4.14. The first-order valence-electron chi connectivity index (χ1n) is 4.89. The fraction of sp³-hybridized carbons (Fsp3) is 0.455. The second kappa shape index (κ2) is 5.15. The molecule has 1 aromatic rings. The second-order valence-corrected chi connectivity index (χ2v) is 4.97. The van der Waals surface area contributed by atoms with Crippen LogP contribution in [0.15, 0.2) is 23.1 Å². The summed E-state index contributed by atoms with van der Waals surface area (Å²) in [7, 11) is -0.885. The van der Waals surface area contributed by atoms with E-state index in [1.807, 2.05) is 25.1 Å². The van der Waals surface area contributed by atoms with Gasteiger partial charge in [-0.05, 0) is 31.0 Å². The fourth-order valence-electron chi connectivity index (χ4n) is 1.25. The minimum atomic E-state index is -0.885. The van der Waals surface area contributed by atoms with Crippen LogP contribution in [0.25, 0.3) is 0 Å². The van der Waals surface area contributed by atoms with Crippen LogP contribution >= 0.6 is 0 Å². The van der Waals surface area contributed by atoms with Crippen molar-refractivity contribution < 1.29 is 4.21 Å². The van der Waals surface area contributed by atoms with Gasteiger partial charge < -0.3 is 5.73 Å². The minimum Gasteiger partial charge on any atom is -0.399 e. The molecule has 0 saturated carbocycles. The summed E-state index contributed by atoms with van der Waals surface area (Å²) in [5, 5.41) is 0. The zero-order chi connectivity index (χ0) is 10.6. The van der Waals surface area contributed by atoms with Gasteiger partial charge in [0.05, 0.1) is 10.8 Å². The lowest BCUT2D eigenvalue weighted by Crippen LogP contribution is -2.01. The lowest BCUT2D eigenvalue weighted by molar-refractivity contribution is 0.679. The molecule has 1 aromatic carbocycles. The van der Waals surface area contributed by atoms with Crippen LogP contribution in [0.1, 0.15) is 25.3 Å². The molecule has 1 atom stereocenters. The lowest BCUT2D eigenvalue weighted by Gasteiger charge is -2.06. The average Bonchev–Trinajstić information content (AvgIpc) is 2.18. The number of nitrogens with two attached hydrogens (primary N) is 1. The zero-order valence-corrected chi connectivity index (χ0v) is 9.56. The monoisotopic (exact) mass is 211 g/mol. The van der Waals surface area contributed by atoms with E-state index in [1.54, 1.807) is 0 Å². The molecular weight excluding hydrogens is 194 g/mol. The lowest BCUT2D eigenvalue weighted by atomic mass is 10.2. The van der Waals surface area contributed by atoms with Crippen LogP contribution < -0.4 is 5.73 Å². The van der Waals surface area contributed by atoms with E-state index < -0.39 is 10.8 Å². The molecule has 0 amide bonds. The third-order valence-electron chi connectivity index (χ3n) is 2.14. The van der Waals surface area contributed by atoms with Gasteiger partial charge in [-0.3, -0.25) is 4.21 Å². The molecule has 0 aliphatic heterocycles. The summed E-state index contributed by atoms with van der Waals surface area (Å²) in [5.41, 5.74) is 7.41. The Balaban J connectivity index is 2.83. The van der Waals surface area contributed by atoms with Crippen LogP contribution in [0.2, 0.25) is 0 Å². The highest BCUT2D eigenvalue weighted by atomic mass is 32.2. The van der Waals surface area contributed by atoms with E-state index in [4.69, 9.17) is 5.73 Å². The van der Waals surface area contributed by atoms with E-state index in [-0.39, 0.29) is 0 Å². The minimum absolute atomic E-state index is 0.690. The molecule has 1 unspecified atom stereocenters. The Morgan fingerprint density at radius 1 is 1.43 bits per heavy atom. The molecule has 0 aromatic heterocycles. The van der Waals surface area contributed by atoms with E-state index in [0.717, 1.165) is 29.1 Å². The smallest absolute Gasteiger partial charge is 0.0532 e. The van der Waals surface area contributed by atoms with Gasteiger partial charge in [-0.1, -0.05) is 19.4 Å². The topological polar surface area (TPSA) is 43.1 Å². The SMILES string of the molecule is CCCCS(=O)c1cc(N)ccc1C. The second-order valence-electron chi connectivity index (χ2n) is 3.43. The van der Waals surface area contributed by atoms with Crippen LogP contribution in [0.5, 0.6) is 0 Å². The van der Waals surface area contributed by atoms with Crippen molar-refractivity contribution >= 4 is 16.5 Å². The average molecular weight is 211 g/mol. The van der Waals surface area contributed by atoms with Gasteiger partial charge in [-0.2, -0.15) is 0 Å². The van der Waals surface area contributed by atoms with Crippen molar-refractivity contribution in [3.8, 4) is 0 Å². The quantitative estimate of drug-likeness (QED) is 0.777. The molecule has 14 heavy (non-hydrogen) atoms. The highest BCUT2D eigenvalue weighted by Gasteiger charge is 2.06. The van der Waals surface area contributed by atoms with Crippen molar-refractivity contribution in [1.29, 1.82) is 0 Å². The molecule has 0 bridgehead atoms. The highest BCUT2D eigenvalue weighted by Crippen LogP contribution is 2.17. The molecule has 0 radical (unpaired) electrons. The maximum Gasteiger partial charge on any atom is 0.0532 e. The van der Waals surface area contributed by atoms with Gasteiger partial charge in [0.1, 0.15) is 0 Å². The maximum atomic E-state index is 11.8. The van der Waals surface area contributed by atoms with Crippen molar-refractivity contribution in [2.45, 2.75) is 31.6 Å². The Morgan fingerprint density at radius 2 is 2.14 bits per heavy atom.